The quantitative estimate of drug-likeness (QED) is 0.694. The zero-order valence-electron chi connectivity index (χ0n) is 8.82. The Hall–Kier alpha value is -0.760. The maximum atomic E-state index is 13.1. The number of hydrogen-bond donors (Lipinski definition) is 0. The van der Waals surface area contributed by atoms with E-state index in [1.54, 1.807) is 6.07 Å². The monoisotopic (exact) mass is 216 g/mol. The molecule has 0 heterocycles. The molecule has 1 rings (SSSR count). The number of ether oxygens (including phenoxy) is 1. The van der Waals surface area contributed by atoms with Crippen LogP contribution in [-0.2, 0) is 5.41 Å². The van der Waals surface area contributed by atoms with E-state index in [4.69, 9.17) is 16.3 Å². The van der Waals surface area contributed by atoms with Gasteiger partial charge in [0, 0.05) is 5.56 Å². The van der Waals surface area contributed by atoms with Gasteiger partial charge in [-0.2, -0.15) is 0 Å². The molecule has 0 bridgehead atoms. The molecular weight excluding hydrogens is 203 g/mol. The molecule has 0 amide bonds. The molecule has 0 aliphatic carbocycles. The minimum atomic E-state index is -0.448. The van der Waals surface area contributed by atoms with Crippen molar-refractivity contribution in [1.82, 2.24) is 0 Å². The number of halogens is 2. The second-order valence-electron chi connectivity index (χ2n) is 4.19. The van der Waals surface area contributed by atoms with Gasteiger partial charge in [-0.3, -0.25) is 0 Å². The van der Waals surface area contributed by atoms with E-state index < -0.39 is 5.82 Å². The standard InChI is InChI=1S/C11H14ClFO/c1-11(2,3)7-5-6-8(13)9(12)10(7)14-4/h5-6H,1-4H3. The summed E-state index contributed by atoms with van der Waals surface area (Å²) in [6, 6.07) is 3.07. The predicted octanol–water partition coefficient (Wildman–Crippen LogP) is 3.79. The number of hydrogen-bond acceptors (Lipinski definition) is 1. The fourth-order valence-corrected chi connectivity index (χ4v) is 1.56. The first-order valence-electron chi connectivity index (χ1n) is 4.40. The lowest BCUT2D eigenvalue weighted by atomic mass is 9.86. The lowest BCUT2D eigenvalue weighted by molar-refractivity contribution is 0.394. The summed E-state index contributed by atoms with van der Waals surface area (Å²) in [6.45, 7) is 6.08. The predicted molar refractivity (Wildman–Crippen MR) is 56.7 cm³/mol. The Morgan fingerprint density at radius 3 is 2.29 bits per heavy atom. The summed E-state index contributed by atoms with van der Waals surface area (Å²) >= 11 is 5.80. The molecule has 0 atom stereocenters. The minimum absolute atomic E-state index is 0.0555. The van der Waals surface area contributed by atoms with Crippen LogP contribution in [0.2, 0.25) is 5.02 Å². The van der Waals surface area contributed by atoms with E-state index in [-0.39, 0.29) is 10.4 Å². The summed E-state index contributed by atoms with van der Waals surface area (Å²) in [5.41, 5.74) is 0.800. The molecule has 3 heteroatoms. The molecule has 0 fully saturated rings. The highest BCUT2D eigenvalue weighted by molar-refractivity contribution is 6.32. The summed E-state index contributed by atoms with van der Waals surface area (Å²) < 4.78 is 18.2. The average molecular weight is 217 g/mol. The Morgan fingerprint density at radius 2 is 1.86 bits per heavy atom. The second-order valence-corrected chi connectivity index (χ2v) is 4.57. The summed E-state index contributed by atoms with van der Waals surface area (Å²) in [5.74, 6) is -0.0179. The van der Waals surface area contributed by atoms with Crippen molar-refractivity contribution in [1.29, 1.82) is 0 Å². The first-order valence-corrected chi connectivity index (χ1v) is 4.78. The van der Waals surface area contributed by atoms with Crippen LogP contribution in [0.5, 0.6) is 5.75 Å². The van der Waals surface area contributed by atoms with Crippen molar-refractivity contribution in [2.45, 2.75) is 26.2 Å². The van der Waals surface area contributed by atoms with Crippen LogP contribution < -0.4 is 4.74 Å². The van der Waals surface area contributed by atoms with Crippen LogP contribution in [0.4, 0.5) is 4.39 Å². The third-order valence-corrected chi connectivity index (χ3v) is 2.41. The topological polar surface area (TPSA) is 9.23 Å². The zero-order chi connectivity index (χ0) is 10.9. The molecule has 0 spiro atoms. The molecule has 0 aliphatic rings. The largest absolute Gasteiger partial charge is 0.495 e. The molecule has 0 aliphatic heterocycles. The van der Waals surface area contributed by atoms with E-state index in [1.807, 2.05) is 20.8 Å². The van der Waals surface area contributed by atoms with Crippen LogP contribution in [0.25, 0.3) is 0 Å². The molecule has 1 nitrogen and oxygen atoms in total. The molecule has 0 saturated heterocycles. The highest BCUT2D eigenvalue weighted by atomic mass is 35.5. The lowest BCUT2D eigenvalue weighted by Crippen LogP contribution is -2.13. The molecular formula is C11H14ClFO. The highest BCUT2D eigenvalue weighted by Crippen LogP contribution is 2.37. The van der Waals surface area contributed by atoms with E-state index in [1.165, 1.54) is 13.2 Å². The van der Waals surface area contributed by atoms with Gasteiger partial charge in [-0.15, -0.1) is 0 Å². The maximum Gasteiger partial charge on any atom is 0.145 e. The van der Waals surface area contributed by atoms with Gasteiger partial charge in [0.05, 0.1) is 7.11 Å². The van der Waals surface area contributed by atoms with Crippen molar-refractivity contribution in [3.05, 3.63) is 28.5 Å². The number of benzene rings is 1. The SMILES string of the molecule is COc1c(C(C)(C)C)ccc(F)c1Cl. The molecule has 0 N–H and O–H groups in total. The van der Waals surface area contributed by atoms with Crippen molar-refractivity contribution in [2.24, 2.45) is 0 Å². The van der Waals surface area contributed by atoms with Gasteiger partial charge in [-0.1, -0.05) is 38.4 Å². The summed E-state index contributed by atoms with van der Waals surface area (Å²) in [6.07, 6.45) is 0. The Balaban J connectivity index is 3.39. The van der Waals surface area contributed by atoms with Crippen molar-refractivity contribution < 1.29 is 9.13 Å². The molecule has 0 saturated carbocycles. The van der Waals surface area contributed by atoms with E-state index >= 15 is 0 Å². The zero-order valence-corrected chi connectivity index (χ0v) is 9.57. The van der Waals surface area contributed by atoms with E-state index in [0.717, 1.165) is 5.56 Å². The van der Waals surface area contributed by atoms with E-state index in [2.05, 4.69) is 0 Å². The Morgan fingerprint density at radius 1 is 1.29 bits per heavy atom. The van der Waals surface area contributed by atoms with Crippen LogP contribution in [0.15, 0.2) is 12.1 Å². The average Bonchev–Trinajstić information content (AvgIpc) is 2.07. The van der Waals surface area contributed by atoms with Crippen molar-refractivity contribution in [3.8, 4) is 5.75 Å². The summed E-state index contributed by atoms with van der Waals surface area (Å²) in [5, 5.41) is 0.0555. The van der Waals surface area contributed by atoms with Gasteiger partial charge >= 0.3 is 0 Å². The number of methoxy groups -OCH3 is 1. The van der Waals surface area contributed by atoms with Gasteiger partial charge in [-0.25, -0.2) is 4.39 Å². The van der Waals surface area contributed by atoms with E-state index in [9.17, 15) is 4.39 Å². The summed E-state index contributed by atoms with van der Waals surface area (Å²) in [4.78, 5) is 0. The molecule has 0 aromatic heterocycles. The van der Waals surface area contributed by atoms with Gasteiger partial charge in [0.2, 0.25) is 0 Å². The van der Waals surface area contributed by atoms with Crippen molar-refractivity contribution >= 4 is 11.6 Å². The molecule has 0 radical (unpaired) electrons. The third-order valence-electron chi connectivity index (χ3n) is 2.06. The van der Waals surface area contributed by atoms with Gasteiger partial charge < -0.3 is 4.74 Å². The van der Waals surface area contributed by atoms with Crippen molar-refractivity contribution in [2.75, 3.05) is 7.11 Å². The van der Waals surface area contributed by atoms with E-state index in [0.29, 0.717) is 5.75 Å². The van der Waals surface area contributed by atoms with Crippen LogP contribution in [-0.4, -0.2) is 7.11 Å². The first-order chi connectivity index (χ1) is 6.38. The Labute approximate surface area is 88.8 Å². The molecule has 1 aromatic carbocycles. The smallest absolute Gasteiger partial charge is 0.145 e. The van der Waals surface area contributed by atoms with Gasteiger partial charge in [0.1, 0.15) is 16.6 Å². The lowest BCUT2D eigenvalue weighted by Gasteiger charge is -2.22. The van der Waals surface area contributed by atoms with Gasteiger partial charge in [0.15, 0.2) is 0 Å². The fraction of sp³-hybridized carbons (Fsp3) is 0.455. The molecule has 14 heavy (non-hydrogen) atoms. The number of rotatable bonds is 1. The van der Waals surface area contributed by atoms with Crippen LogP contribution >= 0.6 is 11.6 Å². The normalized spacial score (nSPS) is 11.6. The van der Waals surface area contributed by atoms with Crippen molar-refractivity contribution in [3.63, 3.8) is 0 Å². The Bertz CT molecular complexity index is 342. The maximum absolute atomic E-state index is 13.1. The van der Waals surface area contributed by atoms with Crippen LogP contribution in [0, 0.1) is 5.82 Å². The fourth-order valence-electron chi connectivity index (χ4n) is 1.32. The molecule has 1 aromatic rings. The van der Waals surface area contributed by atoms with Crippen LogP contribution in [0.3, 0.4) is 0 Å². The van der Waals surface area contributed by atoms with Crippen LogP contribution in [0.1, 0.15) is 26.3 Å². The van der Waals surface area contributed by atoms with Gasteiger partial charge in [-0.05, 0) is 11.5 Å². The summed E-state index contributed by atoms with van der Waals surface area (Å²) in [7, 11) is 1.50. The first kappa shape index (κ1) is 11.3. The molecule has 0 unspecified atom stereocenters. The minimum Gasteiger partial charge on any atom is -0.495 e. The second kappa shape index (κ2) is 3.77. The third kappa shape index (κ3) is 2.01. The highest BCUT2D eigenvalue weighted by Gasteiger charge is 2.22. The molecule has 78 valence electrons. The Kier molecular flexibility index (Phi) is 3.05. The van der Waals surface area contributed by atoms with Gasteiger partial charge in [0.25, 0.3) is 0 Å².